The van der Waals surface area contributed by atoms with E-state index in [2.05, 4.69) is 181 Å². The molecule has 0 saturated carbocycles. The average Bonchev–Trinajstić information content (AvgIpc) is 3.68. The molecule has 5 unspecified atom stereocenters. The third-order valence-electron chi connectivity index (χ3n) is 12.5. The van der Waals surface area contributed by atoms with Crippen molar-refractivity contribution in [2.24, 2.45) is 16.8 Å². The van der Waals surface area contributed by atoms with Crippen LogP contribution in [-0.4, -0.2) is 10.3 Å². The number of nitrogens with zero attached hydrogens (tertiary/aromatic N) is 3. The first-order chi connectivity index (χ1) is 26.0. The standard InChI is InChI=1S/C49H42N4/c1-30-23-26-32(27-24-30)46-37-16-6-9-19-40(37)50-48(51-46)52-41-20-10-7-17-38(41)44-35-14-4-5-15-36(35)45-39-18-8-11-21-43(39)53(49(45,3)47(44)52)42-22-12-13-33-29-31(2)25-28-34(33)42/h4-23,25-28,30-31,45,48,50H,24,29H2,1-3H3. The predicted molar refractivity (Wildman–Crippen MR) is 220 cm³/mol. The van der Waals surface area contributed by atoms with Crippen LogP contribution in [0.25, 0.3) is 28.1 Å². The van der Waals surface area contributed by atoms with Gasteiger partial charge >= 0.3 is 0 Å². The summed E-state index contributed by atoms with van der Waals surface area (Å²) >= 11 is 0. The van der Waals surface area contributed by atoms with E-state index in [9.17, 15) is 0 Å². The topological polar surface area (TPSA) is 32.6 Å². The summed E-state index contributed by atoms with van der Waals surface area (Å²) in [7, 11) is 0. The first-order valence-electron chi connectivity index (χ1n) is 19.2. The maximum atomic E-state index is 5.72. The van der Waals surface area contributed by atoms with Gasteiger partial charge in [-0.25, -0.2) is 4.99 Å². The number of aliphatic imine (C=N–C) groups is 1. The van der Waals surface area contributed by atoms with Crippen LogP contribution >= 0.6 is 0 Å². The second-order valence-corrected chi connectivity index (χ2v) is 15.8. The molecule has 6 aromatic rings. The summed E-state index contributed by atoms with van der Waals surface area (Å²) in [6.07, 6.45) is 13.5. The van der Waals surface area contributed by atoms with Gasteiger partial charge in [0.05, 0.1) is 22.5 Å². The molecule has 0 saturated heterocycles. The van der Waals surface area contributed by atoms with Gasteiger partial charge in [-0.1, -0.05) is 135 Å². The Balaban J connectivity index is 1.24. The van der Waals surface area contributed by atoms with Crippen molar-refractivity contribution in [1.82, 2.24) is 4.57 Å². The fourth-order valence-electron chi connectivity index (χ4n) is 10.2. The second-order valence-electron chi connectivity index (χ2n) is 15.8. The van der Waals surface area contributed by atoms with Crippen LogP contribution in [0.4, 0.5) is 17.1 Å². The zero-order chi connectivity index (χ0) is 35.4. The van der Waals surface area contributed by atoms with Gasteiger partial charge in [0, 0.05) is 45.1 Å². The summed E-state index contributed by atoms with van der Waals surface area (Å²) in [6.45, 7) is 7.11. The minimum atomic E-state index is -0.494. The third-order valence-corrected chi connectivity index (χ3v) is 12.5. The Labute approximate surface area is 311 Å². The Morgan fingerprint density at radius 3 is 2.32 bits per heavy atom. The zero-order valence-corrected chi connectivity index (χ0v) is 30.4. The summed E-state index contributed by atoms with van der Waals surface area (Å²) < 4.78 is 2.56. The highest BCUT2D eigenvalue weighted by molar-refractivity contribution is 6.18. The largest absolute Gasteiger partial charge is 0.346 e. The van der Waals surface area contributed by atoms with E-state index in [0.717, 1.165) is 29.8 Å². The third kappa shape index (κ3) is 4.27. The molecular weight excluding hydrogens is 645 g/mol. The monoisotopic (exact) mass is 686 g/mol. The number of aromatic nitrogens is 1. The van der Waals surface area contributed by atoms with Crippen LogP contribution < -0.4 is 10.2 Å². The summed E-state index contributed by atoms with van der Waals surface area (Å²) in [5.74, 6) is 1.14. The smallest absolute Gasteiger partial charge is 0.201 e. The van der Waals surface area contributed by atoms with Crippen molar-refractivity contribution in [3.63, 3.8) is 0 Å². The van der Waals surface area contributed by atoms with E-state index in [1.165, 1.54) is 66.9 Å². The van der Waals surface area contributed by atoms with Crippen LogP contribution in [0.1, 0.15) is 72.9 Å². The van der Waals surface area contributed by atoms with Crippen LogP contribution in [0, 0.1) is 11.8 Å². The van der Waals surface area contributed by atoms with Crippen LogP contribution in [0.5, 0.6) is 0 Å². The van der Waals surface area contributed by atoms with Gasteiger partial charge in [-0.15, -0.1) is 0 Å². The number of hydrogen-bond acceptors (Lipinski definition) is 3. The number of para-hydroxylation sites is 3. The molecule has 11 rings (SSSR count). The normalized spacial score (nSPS) is 24.6. The predicted octanol–water partition coefficient (Wildman–Crippen LogP) is 11.9. The second kappa shape index (κ2) is 11.3. The Bertz CT molecular complexity index is 2630. The van der Waals surface area contributed by atoms with Gasteiger partial charge < -0.3 is 14.8 Å². The Morgan fingerprint density at radius 1 is 0.717 bits per heavy atom. The first kappa shape index (κ1) is 30.7. The van der Waals surface area contributed by atoms with Crippen molar-refractivity contribution >= 4 is 39.8 Å². The summed E-state index contributed by atoms with van der Waals surface area (Å²) in [5, 5.41) is 5.23. The van der Waals surface area contributed by atoms with Gasteiger partial charge in [-0.05, 0) is 83.7 Å². The molecule has 0 fully saturated rings. The van der Waals surface area contributed by atoms with Crippen LogP contribution in [0.2, 0.25) is 0 Å². The molecule has 5 atom stereocenters. The molecule has 5 aromatic carbocycles. The van der Waals surface area contributed by atoms with Gasteiger partial charge in [-0.2, -0.15) is 0 Å². The number of hydrogen-bond donors (Lipinski definition) is 1. The molecule has 0 amide bonds. The quantitative estimate of drug-likeness (QED) is 0.201. The molecule has 258 valence electrons. The lowest BCUT2D eigenvalue weighted by atomic mass is 9.68. The zero-order valence-electron chi connectivity index (χ0n) is 30.4. The van der Waals surface area contributed by atoms with Crippen molar-refractivity contribution in [2.45, 2.75) is 51.4 Å². The Morgan fingerprint density at radius 2 is 1.45 bits per heavy atom. The molecular formula is C49H42N4. The van der Waals surface area contributed by atoms with Crippen LogP contribution in [0.15, 0.2) is 150 Å². The SMILES string of the molecule is CC1C=CC(C2=NC(n3c4c(c5ccccc53)-c3ccccc3C3c5ccccc5N(c5cccc6c5C=CC(C)C6)C43C)Nc3ccccc32)=CC1. The van der Waals surface area contributed by atoms with E-state index in [4.69, 9.17) is 4.99 Å². The highest BCUT2D eigenvalue weighted by atomic mass is 15.3. The number of benzene rings is 5. The number of rotatable bonds is 3. The van der Waals surface area contributed by atoms with Crippen molar-refractivity contribution in [3.05, 3.63) is 179 Å². The number of nitrogens with one attached hydrogen (secondary N) is 1. The van der Waals surface area contributed by atoms with Gasteiger partial charge in [0.1, 0.15) is 0 Å². The maximum Gasteiger partial charge on any atom is 0.201 e. The molecule has 0 spiro atoms. The lowest BCUT2D eigenvalue weighted by Gasteiger charge is -2.47. The molecule has 4 nitrogen and oxygen atoms in total. The molecule has 1 N–H and O–H groups in total. The summed E-state index contributed by atoms with van der Waals surface area (Å²) in [5.41, 5.74) is 17.2. The summed E-state index contributed by atoms with van der Waals surface area (Å²) in [4.78, 5) is 8.42. The van der Waals surface area contributed by atoms with Crippen molar-refractivity contribution in [3.8, 4) is 11.1 Å². The molecule has 1 aromatic heterocycles. The molecule has 0 bridgehead atoms. The molecule has 5 aliphatic rings. The molecule has 53 heavy (non-hydrogen) atoms. The van der Waals surface area contributed by atoms with Gasteiger partial charge in [-0.3, -0.25) is 0 Å². The lowest BCUT2D eigenvalue weighted by molar-refractivity contribution is 0.403. The Hall–Kier alpha value is -5.87. The highest BCUT2D eigenvalue weighted by Crippen LogP contribution is 2.66. The minimum absolute atomic E-state index is 0.0950. The molecule has 0 radical (unpaired) electrons. The van der Waals surface area contributed by atoms with E-state index >= 15 is 0 Å². The van der Waals surface area contributed by atoms with Crippen molar-refractivity contribution in [2.75, 3.05) is 10.2 Å². The van der Waals surface area contributed by atoms with Crippen molar-refractivity contribution < 1.29 is 0 Å². The van der Waals surface area contributed by atoms with E-state index < -0.39 is 5.54 Å². The lowest BCUT2D eigenvalue weighted by Crippen LogP contribution is -2.46. The van der Waals surface area contributed by atoms with Gasteiger partial charge in [0.25, 0.3) is 0 Å². The maximum absolute atomic E-state index is 5.72. The van der Waals surface area contributed by atoms with E-state index in [-0.39, 0.29) is 12.2 Å². The molecule has 2 aliphatic heterocycles. The first-order valence-corrected chi connectivity index (χ1v) is 19.2. The Kier molecular flexibility index (Phi) is 6.56. The van der Waals surface area contributed by atoms with E-state index in [1.54, 1.807) is 0 Å². The average molecular weight is 687 g/mol. The number of allylic oxidation sites excluding steroid dienone is 5. The van der Waals surface area contributed by atoms with Crippen molar-refractivity contribution in [1.29, 1.82) is 0 Å². The van der Waals surface area contributed by atoms with E-state index in [0.29, 0.717) is 11.8 Å². The fraction of sp³-hybridized carbons (Fsp3) is 0.204. The minimum Gasteiger partial charge on any atom is -0.346 e. The fourth-order valence-corrected chi connectivity index (χ4v) is 10.2. The van der Waals surface area contributed by atoms with Gasteiger partial charge in [0.15, 0.2) is 0 Å². The van der Waals surface area contributed by atoms with Crippen LogP contribution in [-0.2, 0) is 12.0 Å². The molecule has 3 heterocycles. The number of fused-ring (bicyclic) bond motifs is 12. The van der Waals surface area contributed by atoms with Crippen LogP contribution in [0.3, 0.4) is 0 Å². The van der Waals surface area contributed by atoms with Gasteiger partial charge in [0.2, 0.25) is 6.29 Å². The highest BCUT2D eigenvalue weighted by Gasteiger charge is 2.57. The molecule has 3 aliphatic carbocycles. The number of anilines is 3. The molecule has 4 heteroatoms. The van der Waals surface area contributed by atoms with E-state index in [1.807, 2.05) is 0 Å². The summed E-state index contributed by atoms with van der Waals surface area (Å²) in [6, 6.07) is 43.0.